The van der Waals surface area contributed by atoms with E-state index in [1.54, 1.807) is 11.3 Å². The Bertz CT molecular complexity index is 501. The zero-order valence-electron chi connectivity index (χ0n) is 12.3. The van der Waals surface area contributed by atoms with Gasteiger partial charge in [-0.25, -0.2) is 4.98 Å². The molecule has 3 heterocycles. The van der Waals surface area contributed by atoms with E-state index < -0.39 is 0 Å². The molecule has 0 saturated carbocycles. The predicted molar refractivity (Wildman–Crippen MR) is 80.7 cm³/mol. The number of rotatable bonds is 3. The largest absolute Gasteiger partial charge is 0.349 e. The number of hydrogen-bond acceptors (Lipinski definition) is 4. The first-order valence-electron chi connectivity index (χ1n) is 7.58. The van der Waals surface area contributed by atoms with Gasteiger partial charge in [0.2, 0.25) is 5.91 Å². The van der Waals surface area contributed by atoms with Crippen LogP contribution in [0.4, 0.5) is 0 Å². The van der Waals surface area contributed by atoms with Gasteiger partial charge < -0.3 is 5.32 Å². The molecule has 4 nitrogen and oxygen atoms in total. The van der Waals surface area contributed by atoms with Crippen LogP contribution in [-0.2, 0) is 11.3 Å². The first kappa shape index (κ1) is 14.0. The van der Waals surface area contributed by atoms with Gasteiger partial charge in [-0.1, -0.05) is 6.92 Å². The van der Waals surface area contributed by atoms with Crippen molar-refractivity contribution in [3.63, 3.8) is 0 Å². The number of aromatic nitrogens is 1. The molecular weight excluding hydrogens is 270 g/mol. The molecule has 1 N–H and O–H groups in total. The first-order chi connectivity index (χ1) is 9.64. The molecule has 0 unspecified atom stereocenters. The number of hydrogen-bond donors (Lipinski definition) is 1. The smallest absolute Gasteiger partial charge is 0.220 e. The van der Waals surface area contributed by atoms with Gasteiger partial charge in [0.25, 0.3) is 0 Å². The Morgan fingerprint density at radius 2 is 2.40 bits per heavy atom. The highest BCUT2D eigenvalue weighted by Crippen LogP contribution is 2.38. The number of aryl methyl sites for hydroxylation is 1. The third kappa shape index (κ3) is 2.37. The Morgan fingerprint density at radius 1 is 1.55 bits per heavy atom. The van der Waals surface area contributed by atoms with E-state index in [0.717, 1.165) is 38.0 Å². The van der Waals surface area contributed by atoms with Crippen LogP contribution in [0.2, 0.25) is 0 Å². The van der Waals surface area contributed by atoms with Gasteiger partial charge in [0.15, 0.2) is 0 Å². The lowest BCUT2D eigenvalue weighted by atomic mass is 9.78. The summed E-state index contributed by atoms with van der Waals surface area (Å²) < 4.78 is 0. The van der Waals surface area contributed by atoms with Crippen molar-refractivity contribution in [2.24, 2.45) is 0 Å². The van der Waals surface area contributed by atoms with Crippen molar-refractivity contribution in [2.45, 2.75) is 64.1 Å². The lowest BCUT2D eigenvalue weighted by Gasteiger charge is -2.48. The maximum atomic E-state index is 11.7. The van der Waals surface area contributed by atoms with Crippen molar-refractivity contribution >= 4 is 17.2 Å². The standard InChI is InChI=1S/C15H23N3OS/c1-3-13-15(7-5-14(19)17-15)6-4-8-18(13)9-12-11(2)16-10-20-12/h10,13H,3-9H2,1-2H3,(H,17,19)/t13-,15+/m1/s1. The summed E-state index contributed by atoms with van der Waals surface area (Å²) in [7, 11) is 0. The van der Waals surface area contributed by atoms with Gasteiger partial charge in [0, 0.05) is 23.9 Å². The summed E-state index contributed by atoms with van der Waals surface area (Å²) in [4.78, 5) is 20.0. The van der Waals surface area contributed by atoms with E-state index in [1.807, 2.05) is 5.51 Å². The van der Waals surface area contributed by atoms with Crippen LogP contribution in [0.1, 0.15) is 49.6 Å². The highest BCUT2D eigenvalue weighted by atomic mass is 32.1. The molecule has 2 fully saturated rings. The maximum Gasteiger partial charge on any atom is 0.220 e. The molecule has 1 aromatic rings. The van der Waals surface area contributed by atoms with E-state index in [4.69, 9.17) is 0 Å². The summed E-state index contributed by atoms with van der Waals surface area (Å²) in [5.74, 6) is 0.235. The van der Waals surface area contributed by atoms with E-state index >= 15 is 0 Å². The molecule has 2 aliphatic heterocycles. The van der Waals surface area contributed by atoms with Gasteiger partial charge in [0.1, 0.15) is 0 Å². The molecule has 1 aromatic heterocycles. The van der Waals surface area contributed by atoms with E-state index in [2.05, 4.69) is 29.0 Å². The van der Waals surface area contributed by atoms with Gasteiger partial charge >= 0.3 is 0 Å². The van der Waals surface area contributed by atoms with Crippen molar-refractivity contribution in [3.05, 3.63) is 16.1 Å². The van der Waals surface area contributed by atoms with Gasteiger partial charge in [0.05, 0.1) is 16.7 Å². The van der Waals surface area contributed by atoms with E-state index in [-0.39, 0.29) is 11.4 Å². The second-order valence-electron chi connectivity index (χ2n) is 6.06. The second kappa shape index (κ2) is 5.45. The Hall–Kier alpha value is -0.940. The summed E-state index contributed by atoms with van der Waals surface area (Å²) in [5.41, 5.74) is 3.12. The van der Waals surface area contributed by atoms with Crippen molar-refractivity contribution in [3.8, 4) is 0 Å². The number of piperidine rings is 1. The molecule has 5 heteroatoms. The molecule has 1 spiro atoms. The molecule has 2 aliphatic rings. The number of nitrogens with one attached hydrogen (secondary N) is 1. The van der Waals surface area contributed by atoms with E-state index in [0.29, 0.717) is 12.5 Å². The van der Waals surface area contributed by atoms with Crippen molar-refractivity contribution < 1.29 is 4.79 Å². The summed E-state index contributed by atoms with van der Waals surface area (Å²) in [6, 6.07) is 0.462. The van der Waals surface area contributed by atoms with Gasteiger partial charge in [-0.15, -0.1) is 11.3 Å². The molecule has 1 amide bonds. The third-order valence-electron chi connectivity index (χ3n) is 4.91. The minimum absolute atomic E-state index is 0.0304. The minimum Gasteiger partial charge on any atom is -0.349 e. The van der Waals surface area contributed by atoms with Crippen molar-refractivity contribution in [1.82, 2.24) is 15.2 Å². The summed E-state index contributed by atoms with van der Waals surface area (Å²) in [5, 5.41) is 3.30. The quantitative estimate of drug-likeness (QED) is 0.931. The fraction of sp³-hybridized carbons (Fsp3) is 0.733. The van der Waals surface area contributed by atoms with Crippen LogP contribution in [0.25, 0.3) is 0 Å². The highest BCUT2D eigenvalue weighted by Gasteiger charge is 2.47. The number of nitrogens with zero attached hydrogens (tertiary/aromatic N) is 2. The molecule has 0 aliphatic carbocycles. The normalized spacial score (nSPS) is 30.9. The molecule has 0 bridgehead atoms. The zero-order valence-corrected chi connectivity index (χ0v) is 13.1. The van der Waals surface area contributed by atoms with Crippen LogP contribution < -0.4 is 5.32 Å². The zero-order chi connectivity index (χ0) is 14.2. The lowest BCUT2D eigenvalue weighted by molar-refractivity contribution is -0.120. The highest BCUT2D eigenvalue weighted by molar-refractivity contribution is 7.09. The Labute approximate surface area is 124 Å². The Balaban J connectivity index is 1.80. The van der Waals surface area contributed by atoms with Gasteiger partial charge in [-0.3, -0.25) is 9.69 Å². The molecule has 0 radical (unpaired) electrons. The molecule has 2 atom stereocenters. The number of amides is 1. The SMILES string of the molecule is CC[C@H]1N(Cc2scnc2C)CCC[C@]12CCC(=O)N2. The summed E-state index contributed by atoms with van der Waals surface area (Å²) >= 11 is 1.75. The third-order valence-corrected chi connectivity index (χ3v) is 5.83. The molecule has 2 saturated heterocycles. The minimum atomic E-state index is 0.0304. The average molecular weight is 293 g/mol. The number of carbonyl (C=O) groups excluding carboxylic acids is 1. The number of likely N-dealkylation sites (tertiary alicyclic amines) is 1. The summed E-state index contributed by atoms with van der Waals surface area (Å²) in [6.45, 7) is 6.44. The second-order valence-corrected chi connectivity index (χ2v) is 7.00. The Morgan fingerprint density at radius 3 is 3.00 bits per heavy atom. The van der Waals surface area contributed by atoms with Crippen molar-refractivity contribution in [1.29, 1.82) is 0 Å². The van der Waals surface area contributed by atoms with E-state index in [1.165, 1.54) is 11.3 Å². The van der Waals surface area contributed by atoms with Crippen LogP contribution in [0.5, 0.6) is 0 Å². The average Bonchev–Trinajstić information content (AvgIpc) is 2.98. The first-order valence-corrected chi connectivity index (χ1v) is 8.46. The molecular formula is C15H23N3OS. The monoisotopic (exact) mass is 293 g/mol. The number of carbonyl (C=O) groups is 1. The van der Waals surface area contributed by atoms with Crippen LogP contribution in [0, 0.1) is 6.92 Å². The predicted octanol–water partition coefficient (Wildman–Crippen LogP) is 2.47. The molecule has 3 rings (SSSR count). The van der Waals surface area contributed by atoms with Crippen LogP contribution in [-0.4, -0.2) is 33.9 Å². The van der Waals surface area contributed by atoms with Crippen LogP contribution in [0.3, 0.4) is 0 Å². The lowest BCUT2D eigenvalue weighted by Crippen LogP contribution is -2.61. The molecule has 20 heavy (non-hydrogen) atoms. The van der Waals surface area contributed by atoms with Crippen molar-refractivity contribution in [2.75, 3.05) is 6.54 Å². The number of thiazole rings is 1. The van der Waals surface area contributed by atoms with Gasteiger partial charge in [-0.2, -0.15) is 0 Å². The fourth-order valence-corrected chi connectivity index (χ4v) is 4.75. The van der Waals surface area contributed by atoms with E-state index in [9.17, 15) is 4.79 Å². The maximum absolute atomic E-state index is 11.7. The summed E-state index contributed by atoms with van der Waals surface area (Å²) in [6.07, 6.45) is 5.11. The molecule has 0 aromatic carbocycles. The fourth-order valence-electron chi connectivity index (χ4n) is 3.95. The van der Waals surface area contributed by atoms with Crippen LogP contribution >= 0.6 is 11.3 Å². The van der Waals surface area contributed by atoms with Crippen LogP contribution in [0.15, 0.2) is 5.51 Å². The molecule has 110 valence electrons. The van der Waals surface area contributed by atoms with Gasteiger partial charge in [-0.05, 0) is 39.2 Å². The topological polar surface area (TPSA) is 45.2 Å². The Kier molecular flexibility index (Phi) is 3.82.